The number of hydrogen-bond acceptors (Lipinski definition) is 20. The van der Waals surface area contributed by atoms with Crippen LogP contribution in [0.1, 0.15) is 194 Å². The zero-order chi connectivity index (χ0) is 72.6. The van der Waals surface area contributed by atoms with E-state index in [0.29, 0.717) is 38.6 Å². The van der Waals surface area contributed by atoms with Crippen LogP contribution in [0.5, 0.6) is 0 Å². The van der Waals surface area contributed by atoms with E-state index in [2.05, 4.69) is 47.9 Å². The first-order chi connectivity index (χ1) is 46.3. The Hall–Kier alpha value is -7.66. The third kappa shape index (κ3) is 51.3. The molecule has 97 heavy (non-hydrogen) atoms. The zero-order valence-corrected chi connectivity index (χ0v) is 56.4. The van der Waals surface area contributed by atoms with Crippen LogP contribution in [0.15, 0.2) is 0 Å². The molecule has 0 radical (unpaired) electrons. The number of carboxylic acid groups (broad SMARTS) is 5. The molecule has 7 unspecified atom stereocenters. The van der Waals surface area contributed by atoms with E-state index in [9.17, 15) is 92.7 Å². The Morgan fingerprint density at radius 1 is 0.351 bits per heavy atom. The third-order valence-corrected chi connectivity index (χ3v) is 14.9. The molecule has 0 saturated carbocycles. The Kier molecular flexibility index (Phi) is 52.9. The number of aliphatic hydroxyl groups is 1. The summed E-state index contributed by atoms with van der Waals surface area (Å²) in [7, 11) is 0. The van der Waals surface area contributed by atoms with E-state index in [-0.39, 0.29) is 117 Å². The number of aliphatic carboxylic acids is 5. The molecule has 0 heterocycles. The van der Waals surface area contributed by atoms with Gasteiger partial charge in [0.2, 0.25) is 53.2 Å². The molecule has 0 fully saturated rings. The van der Waals surface area contributed by atoms with Crippen molar-refractivity contribution < 1.29 is 117 Å². The fraction of sp³-hybridized carbons (Fsp3) is 0.778. The molecule has 17 N–H and O–H groups in total. The highest BCUT2D eigenvalue weighted by molar-refractivity contribution is 5.90. The van der Waals surface area contributed by atoms with E-state index in [4.69, 9.17) is 29.8 Å². The van der Waals surface area contributed by atoms with Crippen molar-refractivity contribution in [2.45, 2.75) is 236 Å². The van der Waals surface area contributed by atoms with Gasteiger partial charge in [-0.15, -0.1) is 0 Å². The predicted octanol–water partition coefficient (Wildman–Crippen LogP) is 0.0154. The molecule has 0 bridgehead atoms. The van der Waals surface area contributed by atoms with E-state index in [1.54, 1.807) is 0 Å². The first-order valence-electron chi connectivity index (χ1n) is 33.7. The van der Waals surface area contributed by atoms with Gasteiger partial charge in [-0.3, -0.25) is 47.9 Å². The van der Waals surface area contributed by atoms with Crippen LogP contribution in [0, 0.1) is 0 Å². The van der Waals surface area contributed by atoms with Crippen molar-refractivity contribution in [3.05, 3.63) is 0 Å². The average molecular weight is 1390 g/mol. The van der Waals surface area contributed by atoms with Crippen molar-refractivity contribution >= 4 is 83.0 Å². The van der Waals surface area contributed by atoms with Crippen LogP contribution in [0.4, 0.5) is 0 Å². The normalized spacial score (nSPS) is 13.2. The van der Waals surface area contributed by atoms with Crippen LogP contribution < -0.4 is 53.6 Å². The Morgan fingerprint density at radius 2 is 0.701 bits per heavy atom. The van der Waals surface area contributed by atoms with Crippen molar-refractivity contribution in [1.82, 2.24) is 47.9 Å². The molecular formula is C63H110N10O24. The molecule has 0 aromatic carbocycles. The number of hydrogen-bond donors (Lipinski definition) is 16. The average Bonchev–Trinajstić information content (AvgIpc) is 2.01. The molecule has 0 aromatic rings. The molecule has 0 aliphatic heterocycles. The minimum absolute atomic E-state index is 0.00273. The highest BCUT2D eigenvalue weighted by Crippen LogP contribution is 2.15. The summed E-state index contributed by atoms with van der Waals surface area (Å²) in [6.07, 6.45) is 12.7. The molecule has 7 atom stereocenters. The minimum Gasteiger partial charge on any atom is -0.481 e. The van der Waals surface area contributed by atoms with E-state index >= 15 is 0 Å². The van der Waals surface area contributed by atoms with Crippen LogP contribution >= 0.6 is 0 Å². The predicted molar refractivity (Wildman–Crippen MR) is 348 cm³/mol. The van der Waals surface area contributed by atoms with Crippen LogP contribution in [0.25, 0.3) is 0 Å². The number of primary amides is 1. The van der Waals surface area contributed by atoms with E-state index in [0.717, 1.165) is 57.8 Å². The van der Waals surface area contributed by atoms with Crippen molar-refractivity contribution in [2.24, 2.45) is 5.73 Å². The Bertz CT molecular complexity index is 2370. The van der Waals surface area contributed by atoms with Gasteiger partial charge in [0.25, 0.3) is 0 Å². The van der Waals surface area contributed by atoms with Gasteiger partial charge in [0.1, 0.15) is 43.4 Å². The molecule has 0 spiro atoms. The second kappa shape index (κ2) is 57.4. The van der Waals surface area contributed by atoms with Gasteiger partial charge in [-0.1, -0.05) is 84.0 Å². The van der Waals surface area contributed by atoms with Gasteiger partial charge in [-0.05, 0) is 77.7 Å². The molecule has 556 valence electrons. The summed E-state index contributed by atoms with van der Waals surface area (Å²) in [5.74, 6) is -12.2. The lowest BCUT2D eigenvalue weighted by atomic mass is 10.0. The van der Waals surface area contributed by atoms with Crippen LogP contribution in [-0.4, -0.2) is 235 Å². The number of nitrogens with one attached hydrogen (secondary N) is 9. The molecule has 9 amide bonds. The molecule has 0 saturated heterocycles. The molecule has 0 rings (SSSR count). The Labute approximate surface area is 566 Å². The first-order valence-corrected chi connectivity index (χ1v) is 33.7. The smallest absolute Gasteiger partial charge is 0.326 e. The first kappa shape index (κ1) is 89.3. The number of unbranched alkanes of at least 4 members (excludes halogenated alkanes) is 14. The number of amides is 9. The molecule has 0 aliphatic carbocycles. The molecule has 0 aliphatic rings. The van der Waals surface area contributed by atoms with Gasteiger partial charge in [0.15, 0.2) is 0 Å². The van der Waals surface area contributed by atoms with Gasteiger partial charge in [0, 0.05) is 58.2 Å². The highest BCUT2D eigenvalue weighted by Gasteiger charge is 2.29. The standard InChI is InChI=1S/C63H110N10O24/c1-3-31-65-44(59(85)73-57(43(2)74)58(64)84)20-18-19-32-66-49(75)27-23-45(60(86)87)70-53(79)30-26-48(63(92)93)72-55(81)42-97-40-38-95-36-34-68-54(80)41-96-39-37-94-35-33-67-50(76)28-24-46(61(88)89)71-52(78)29-25-47(62(90)91)69-51(77)21-16-14-12-10-8-6-4-5-7-9-11-13-15-17-22-56(82)83/h43-48,57,65,74H,3-42H2,1-2H3,(H2,64,84)(H,66,75)(H,67,76)(H,68,80)(H,69,77)(H,70,79)(H,71,78)(H,72,81)(H,73,85)(H,82,83)(H,86,87)(H,88,89)(H,90,91)(H,92,93). The van der Waals surface area contributed by atoms with Crippen LogP contribution in [-0.2, 0) is 86.1 Å². The summed E-state index contributed by atoms with van der Waals surface area (Å²) >= 11 is 0. The van der Waals surface area contributed by atoms with E-state index in [1.807, 2.05) is 6.92 Å². The van der Waals surface area contributed by atoms with Crippen LogP contribution in [0.3, 0.4) is 0 Å². The lowest BCUT2D eigenvalue weighted by molar-refractivity contribution is -0.144. The summed E-state index contributed by atoms with van der Waals surface area (Å²) in [4.78, 5) is 169. The van der Waals surface area contributed by atoms with E-state index in [1.165, 1.54) is 32.6 Å². The SMILES string of the molecule is CCCNC(CCCCNC(=O)CCC(NC(=O)CCC(NC(=O)COCCOCCNC(=O)COCCOCCNC(=O)CCC(NC(=O)CCC(NC(=O)CCCCCCCCCCCCCCCCC(=O)O)C(=O)O)C(=O)O)C(=O)O)C(=O)O)C(=O)NC(C(N)=O)C(C)O. The topological polar surface area (TPSA) is 532 Å². The van der Waals surface area contributed by atoms with Crippen LogP contribution in [0.2, 0.25) is 0 Å². The fourth-order valence-electron chi connectivity index (χ4n) is 9.40. The van der Waals surface area contributed by atoms with Gasteiger partial charge in [-0.2, -0.15) is 0 Å². The maximum Gasteiger partial charge on any atom is 0.326 e. The number of carboxylic acids is 5. The Morgan fingerprint density at radius 3 is 1.09 bits per heavy atom. The number of carbonyl (C=O) groups is 14. The molecule has 34 nitrogen and oxygen atoms in total. The van der Waals surface area contributed by atoms with Gasteiger partial charge >= 0.3 is 29.8 Å². The largest absolute Gasteiger partial charge is 0.481 e. The number of rotatable bonds is 65. The monoisotopic (exact) mass is 1390 g/mol. The summed E-state index contributed by atoms with van der Waals surface area (Å²) in [5, 5.41) is 79.4. The molecule has 34 heteroatoms. The molecule has 0 aromatic heterocycles. The lowest BCUT2D eigenvalue weighted by Crippen LogP contribution is -2.55. The maximum atomic E-state index is 12.8. The second-order valence-corrected chi connectivity index (χ2v) is 23.3. The van der Waals surface area contributed by atoms with Crippen molar-refractivity contribution in [3.63, 3.8) is 0 Å². The van der Waals surface area contributed by atoms with Gasteiger partial charge < -0.3 is 103 Å². The van der Waals surface area contributed by atoms with Crippen molar-refractivity contribution in [1.29, 1.82) is 0 Å². The zero-order valence-electron chi connectivity index (χ0n) is 56.4. The fourth-order valence-corrected chi connectivity index (χ4v) is 9.40. The third-order valence-electron chi connectivity index (χ3n) is 14.9. The summed E-state index contributed by atoms with van der Waals surface area (Å²) in [5.41, 5.74) is 5.27. The summed E-state index contributed by atoms with van der Waals surface area (Å²) < 4.78 is 21.2. The lowest BCUT2D eigenvalue weighted by Gasteiger charge is -2.23. The molecular weight excluding hydrogens is 1280 g/mol. The maximum absolute atomic E-state index is 12.8. The summed E-state index contributed by atoms with van der Waals surface area (Å²) in [6.45, 7) is 3.31. The number of aliphatic hydroxyl groups excluding tert-OH is 1. The second-order valence-electron chi connectivity index (χ2n) is 23.3. The van der Waals surface area contributed by atoms with Crippen molar-refractivity contribution in [3.8, 4) is 0 Å². The Balaban J connectivity index is 4.22. The van der Waals surface area contributed by atoms with E-state index < -0.39 is 145 Å². The van der Waals surface area contributed by atoms with Gasteiger partial charge in [-0.25, -0.2) is 19.2 Å². The number of nitrogens with two attached hydrogens (primary N) is 1. The quantitative estimate of drug-likeness (QED) is 0.0357. The number of ether oxygens (including phenoxy) is 4. The van der Waals surface area contributed by atoms with Crippen molar-refractivity contribution in [2.75, 3.05) is 79.0 Å². The van der Waals surface area contributed by atoms with Gasteiger partial charge in [0.05, 0.1) is 51.8 Å². The number of carbonyl (C=O) groups excluding carboxylic acids is 9. The highest BCUT2D eigenvalue weighted by atomic mass is 16.5. The minimum atomic E-state index is -1.53. The summed E-state index contributed by atoms with van der Waals surface area (Å²) in [6, 6.07) is -7.77.